The maximum atomic E-state index is 12.2. The lowest BCUT2D eigenvalue weighted by Crippen LogP contribution is -2.34. The van der Waals surface area contributed by atoms with E-state index in [4.69, 9.17) is 51.1 Å². The molecular weight excluding hydrogens is 524 g/mol. The third-order valence-electron chi connectivity index (χ3n) is 4.24. The van der Waals surface area contributed by atoms with Crippen molar-refractivity contribution in [2.45, 2.75) is 0 Å². The Bertz CT molecular complexity index is 1260. The van der Waals surface area contributed by atoms with Crippen molar-refractivity contribution < 1.29 is 19.1 Å². The molecule has 0 unspecified atom stereocenters. The van der Waals surface area contributed by atoms with Crippen LogP contribution in [0.4, 0.5) is 0 Å². The second-order valence-electron chi connectivity index (χ2n) is 6.69. The van der Waals surface area contributed by atoms with Crippen molar-refractivity contribution in [1.29, 1.82) is 0 Å². The van der Waals surface area contributed by atoms with Gasteiger partial charge in [-0.25, -0.2) is 10.2 Å². The fourth-order valence-corrected chi connectivity index (χ4v) is 3.34. The predicted octanol–water partition coefficient (Wildman–Crippen LogP) is 5.40. The molecule has 34 heavy (non-hydrogen) atoms. The molecule has 3 aromatic rings. The minimum absolute atomic E-state index is 0.185. The summed E-state index contributed by atoms with van der Waals surface area (Å²) in [6.45, 7) is -0.293. The topological polar surface area (TPSA) is 96.9 Å². The van der Waals surface area contributed by atoms with Crippen LogP contribution >= 0.6 is 46.4 Å². The maximum absolute atomic E-state index is 12.2. The first-order chi connectivity index (χ1) is 16.2. The van der Waals surface area contributed by atoms with Crippen LogP contribution in [-0.4, -0.2) is 30.5 Å². The van der Waals surface area contributed by atoms with E-state index >= 15 is 0 Å². The second-order valence-corrected chi connectivity index (χ2v) is 8.35. The monoisotopic (exact) mass is 537 g/mol. The van der Waals surface area contributed by atoms with Gasteiger partial charge in [0.2, 0.25) is 0 Å². The number of amides is 2. The van der Waals surface area contributed by atoms with Gasteiger partial charge in [-0.15, -0.1) is 0 Å². The summed E-state index contributed by atoms with van der Waals surface area (Å²) in [5, 5.41) is 7.42. The first kappa shape index (κ1) is 25.5. The molecule has 3 aromatic carbocycles. The number of ether oxygens (including phenoxy) is 1. The lowest BCUT2D eigenvalue weighted by Gasteiger charge is -2.06. The highest BCUT2D eigenvalue weighted by Crippen LogP contribution is 2.23. The van der Waals surface area contributed by atoms with Crippen molar-refractivity contribution in [3.63, 3.8) is 0 Å². The standard InChI is InChI=1S/C23H15Cl4N3O4/c24-15-4-7-17(19(26)10-15)23(33)34-16-5-1-13(2-6-16)11-29-30-21(31)12-28-22(32)14-3-8-18(25)20(27)9-14/h1-11H,12H2,(H,28,32)(H,30,31). The van der Waals surface area contributed by atoms with E-state index in [9.17, 15) is 14.4 Å². The molecule has 2 amide bonds. The third kappa shape index (κ3) is 7.20. The van der Waals surface area contributed by atoms with E-state index in [-0.39, 0.29) is 27.7 Å². The lowest BCUT2D eigenvalue weighted by molar-refractivity contribution is -0.120. The Kier molecular flexibility index (Phi) is 8.90. The third-order valence-corrected chi connectivity index (χ3v) is 5.52. The summed E-state index contributed by atoms with van der Waals surface area (Å²) in [6, 6.07) is 15.2. The van der Waals surface area contributed by atoms with Gasteiger partial charge in [0, 0.05) is 10.6 Å². The summed E-state index contributed by atoms with van der Waals surface area (Å²) in [5.74, 6) is -1.35. The lowest BCUT2D eigenvalue weighted by atomic mass is 10.2. The molecule has 3 rings (SSSR count). The first-order valence-corrected chi connectivity index (χ1v) is 11.1. The van der Waals surface area contributed by atoms with Gasteiger partial charge in [-0.2, -0.15) is 5.10 Å². The average Bonchev–Trinajstić information content (AvgIpc) is 2.80. The number of nitrogens with one attached hydrogen (secondary N) is 2. The van der Waals surface area contributed by atoms with Crippen molar-refractivity contribution in [1.82, 2.24) is 10.7 Å². The van der Waals surface area contributed by atoms with Gasteiger partial charge in [-0.1, -0.05) is 46.4 Å². The van der Waals surface area contributed by atoms with E-state index in [2.05, 4.69) is 15.8 Å². The predicted molar refractivity (Wildman–Crippen MR) is 132 cm³/mol. The molecular formula is C23H15Cl4N3O4. The average molecular weight is 539 g/mol. The van der Waals surface area contributed by atoms with Crippen LogP contribution in [0.3, 0.4) is 0 Å². The van der Waals surface area contributed by atoms with Crippen LogP contribution in [0.1, 0.15) is 26.3 Å². The van der Waals surface area contributed by atoms with E-state index < -0.39 is 17.8 Å². The zero-order valence-corrected chi connectivity index (χ0v) is 20.2. The van der Waals surface area contributed by atoms with Gasteiger partial charge in [-0.05, 0) is 66.2 Å². The van der Waals surface area contributed by atoms with Crippen molar-refractivity contribution in [3.05, 3.63) is 97.4 Å². The summed E-state index contributed by atoms with van der Waals surface area (Å²) in [4.78, 5) is 36.2. The van der Waals surface area contributed by atoms with Crippen molar-refractivity contribution in [2.24, 2.45) is 5.10 Å². The molecule has 0 aliphatic carbocycles. The Labute approximate surface area is 214 Å². The van der Waals surface area contributed by atoms with Gasteiger partial charge < -0.3 is 10.1 Å². The molecule has 0 bridgehead atoms. The molecule has 11 heteroatoms. The highest BCUT2D eigenvalue weighted by molar-refractivity contribution is 6.42. The second kappa shape index (κ2) is 11.9. The summed E-state index contributed by atoms with van der Waals surface area (Å²) in [7, 11) is 0. The fraction of sp³-hybridized carbons (Fsp3) is 0.0435. The summed E-state index contributed by atoms with van der Waals surface area (Å²) in [6.07, 6.45) is 1.39. The number of hydrogen-bond donors (Lipinski definition) is 2. The number of carbonyl (C=O) groups excluding carboxylic acids is 3. The highest BCUT2D eigenvalue weighted by Gasteiger charge is 2.13. The van der Waals surface area contributed by atoms with E-state index in [1.165, 1.54) is 42.6 Å². The number of hydrazone groups is 1. The smallest absolute Gasteiger partial charge is 0.345 e. The number of nitrogens with zero attached hydrogens (tertiary/aromatic N) is 1. The van der Waals surface area contributed by atoms with Gasteiger partial charge in [-0.3, -0.25) is 9.59 Å². The normalized spacial score (nSPS) is 10.7. The summed E-state index contributed by atoms with van der Waals surface area (Å²) in [5.41, 5.74) is 3.38. The number of halogens is 4. The molecule has 0 spiro atoms. The summed E-state index contributed by atoms with van der Waals surface area (Å²) < 4.78 is 5.29. The summed E-state index contributed by atoms with van der Waals surface area (Å²) >= 11 is 23.5. The number of rotatable bonds is 7. The molecule has 174 valence electrons. The van der Waals surface area contributed by atoms with Gasteiger partial charge in [0.25, 0.3) is 11.8 Å². The van der Waals surface area contributed by atoms with Crippen LogP contribution in [0.2, 0.25) is 20.1 Å². The molecule has 0 atom stereocenters. The molecule has 7 nitrogen and oxygen atoms in total. The zero-order valence-electron chi connectivity index (χ0n) is 17.2. The van der Waals surface area contributed by atoms with E-state index in [1.807, 2.05) is 0 Å². The van der Waals surface area contributed by atoms with Gasteiger partial charge >= 0.3 is 5.97 Å². The molecule has 0 saturated carbocycles. The van der Waals surface area contributed by atoms with E-state index in [0.29, 0.717) is 21.4 Å². The van der Waals surface area contributed by atoms with Crippen LogP contribution in [0.25, 0.3) is 0 Å². The van der Waals surface area contributed by atoms with Gasteiger partial charge in [0.15, 0.2) is 0 Å². The Morgan fingerprint density at radius 2 is 1.59 bits per heavy atom. The Morgan fingerprint density at radius 3 is 2.26 bits per heavy atom. The molecule has 0 radical (unpaired) electrons. The maximum Gasteiger partial charge on any atom is 0.345 e. The Morgan fingerprint density at radius 1 is 0.853 bits per heavy atom. The fourth-order valence-electron chi connectivity index (χ4n) is 2.56. The molecule has 2 N–H and O–H groups in total. The highest BCUT2D eigenvalue weighted by atomic mass is 35.5. The number of benzene rings is 3. The SMILES string of the molecule is O=C(CNC(=O)c1ccc(Cl)c(Cl)c1)NN=Cc1ccc(OC(=O)c2ccc(Cl)cc2Cl)cc1. The quantitative estimate of drug-likeness (QED) is 0.182. The van der Waals surface area contributed by atoms with Crippen molar-refractivity contribution in [3.8, 4) is 5.75 Å². The van der Waals surface area contributed by atoms with Crippen LogP contribution in [0.5, 0.6) is 5.75 Å². The van der Waals surface area contributed by atoms with E-state index in [0.717, 1.165) is 0 Å². The van der Waals surface area contributed by atoms with Gasteiger partial charge in [0.05, 0.1) is 33.4 Å². The van der Waals surface area contributed by atoms with Crippen LogP contribution in [0, 0.1) is 0 Å². The molecule has 0 aliphatic heterocycles. The number of hydrogen-bond acceptors (Lipinski definition) is 5. The number of esters is 1. The minimum atomic E-state index is -0.627. The van der Waals surface area contributed by atoms with Crippen LogP contribution in [0.15, 0.2) is 65.8 Å². The van der Waals surface area contributed by atoms with Gasteiger partial charge in [0.1, 0.15) is 5.75 Å². The van der Waals surface area contributed by atoms with Crippen LogP contribution < -0.4 is 15.5 Å². The first-order valence-electron chi connectivity index (χ1n) is 9.55. The minimum Gasteiger partial charge on any atom is -0.423 e. The molecule has 0 heterocycles. The zero-order chi connectivity index (χ0) is 24.7. The molecule has 0 aromatic heterocycles. The largest absolute Gasteiger partial charge is 0.423 e. The Balaban J connectivity index is 1.47. The molecule has 0 saturated heterocycles. The van der Waals surface area contributed by atoms with E-state index in [1.54, 1.807) is 24.3 Å². The molecule has 0 aliphatic rings. The number of carbonyl (C=O) groups is 3. The van der Waals surface area contributed by atoms with Crippen molar-refractivity contribution in [2.75, 3.05) is 6.54 Å². The van der Waals surface area contributed by atoms with Crippen molar-refractivity contribution >= 4 is 70.4 Å². The Hall–Kier alpha value is -3.10. The molecule has 0 fully saturated rings. The van der Waals surface area contributed by atoms with Crippen LogP contribution in [-0.2, 0) is 4.79 Å².